The molecule has 7 heteroatoms. The number of nitrogens with zero attached hydrogens (tertiary/aromatic N) is 3. The zero-order chi connectivity index (χ0) is 25.7. The predicted molar refractivity (Wildman–Crippen MR) is 142 cm³/mol. The zero-order valence-electron chi connectivity index (χ0n) is 22.0. The highest BCUT2D eigenvalue weighted by molar-refractivity contribution is 5.99. The Balaban J connectivity index is 1.55. The lowest BCUT2D eigenvalue weighted by Crippen LogP contribution is -2.54. The van der Waals surface area contributed by atoms with Crippen LogP contribution in [0.5, 0.6) is 0 Å². The molecule has 2 aliphatic heterocycles. The van der Waals surface area contributed by atoms with Crippen molar-refractivity contribution >= 4 is 11.8 Å². The van der Waals surface area contributed by atoms with Gasteiger partial charge in [0.2, 0.25) is 5.43 Å². The van der Waals surface area contributed by atoms with Gasteiger partial charge in [0, 0.05) is 57.6 Å². The van der Waals surface area contributed by atoms with Gasteiger partial charge in [0.1, 0.15) is 11.1 Å². The van der Waals surface area contributed by atoms with Gasteiger partial charge in [0.05, 0.1) is 0 Å². The van der Waals surface area contributed by atoms with Crippen molar-refractivity contribution in [2.24, 2.45) is 11.3 Å². The molecule has 0 bridgehead atoms. The summed E-state index contributed by atoms with van der Waals surface area (Å²) in [7, 11) is 1.51. The first-order chi connectivity index (χ1) is 17.3. The molecule has 36 heavy (non-hydrogen) atoms. The Morgan fingerprint density at radius 1 is 1.00 bits per heavy atom. The van der Waals surface area contributed by atoms with Crippen molar-refractivity contribution in [2.75, 3.05) is 33.2 Å². The molecule has 4 rings (SSSR count). The summed E-state index contributed by atoms with van der Waals surface area (Å²) in [4.78, 5) is 43.8. The van der Waals surface area contributed by atoms with E-state index in [1.165, 1.54) is 12.6 Å². The van der Waals surface area contributed by atoms with Crippen LogP contribution in [-0.4, -0.2) is 59.4 Å². The van der Waals surface area contributed by atoms with E-state index in [1.807, 2.05) is 15.5 Å². The maximum atomic E-state index is 13.7. The average molecular weight is 493 g/mol. The maximum absolute atomic E-state index is 13.7. The lowest BCUT2D eigenvalue weighted by molar-refractivity contribution is 0.0112. The van der Waals surface area contributed by atoms with Crippen molar-refractivity contribution < 1.29 is 9.59 Å². The molecule has 2 saturated heterocycles. The molecule has 2 fully saturated rings. The lowest BCUT2D eigenvalue weighted by Gasteiger charge is -2.48. The van der Waals surface area contributed by atoms with Crippen LogP contribution in [0.3, 0.4) is 0 Å². The minimum Gasteiger partial charge on any atom is -0.355 e. The molecule has 0 saturated carbocycles. The fourth-order valence-corrected chi connectivity index (χ4v) is 5.79. The lowest BCUT2D eigenvalue weighted by atomic mass is 9.73. The fourth-order valence-electron chi connectivity index (χ4n) is 5.79. The van der Waals surface area contributed by atoms with Crippen LogP contribution >= 0.6 is 0 Å². The number of piperidine rings is 2. The van der Waals surface area contributed by atoms with Gasteiger partial charge in [-0.1, -0.05) is 44.2 Å². The Bertz CT molecular complexity index is 1120. The van der Waals surface area contributed by atoms with Crippen LogP contribution in [0, 0.1) is 11.3 Å². The number of benzene rings is 1. The zero-order valence-corrected chi connectivity index (χ0v) is 22.0. The van der Waals surface area contributed by atoms with Crippen LogP contribution in [0.4, 0.5) is 0 Å². The van der Waals surface area contributed by atoms with Crippen molar-refractivity contribution in [3.8, 4) is 0 Å². The monoisotopic (exact) mass is 492 g/mol. The highest BCUT2D eigenvalue weighted by Gasteiger charge is 2.41. The number of carbonyl (C=O) groups is 2. The Morgan fingerprint density at radius 2 is 1.69 bits per heavy atom. The van der Waals surface area contributed by atoms with Crippen molar-refractivity contribution in [3.05, 3.63) is 69.6 Å². The third-order valence-corrected chi connectivity index (χ3v) is 7.68. The maximum Gasteiger partial charge on any atom is 0.259 e. The molecule has 194 valence electrons. The van der Waals surface area contributed by atoms with E-state index in [9.17, 15) is 14.4 Å². The third kappa shape index (κ3) is 6.06. The van der Waals surface area contributed by atoms with E-state index in [-0.39, 0.29) is 22.4 Å². The van der Waals surface area contributed by atoms with E-state index in [4.69, 9.17) is 0 Å². The number of aromatic nitrogens is 1. The van der Waals surface area contributed by atoms with Gasteiger partial charge in [0.15, 0.2) is 0 Å². The average Bonchev–Trinajstić information content (AvgIpc) is 2.88. The predicted octanol–water partition coefficient (Wildman–Crippen LogP) is 3.77. The summed E-state index contributed by atoms with van der Waals surface area (Å²) in [6.07, 6.45) is 8.38. The Kier molecular flexibility index (Phi) is 8.29. The highest BCUT2D eigenvalue weighted by atomic mass is 16.2. The van der Waals surface area contributed by atoms with E-state index >= 15 is 0 Å². The van der Waals surface area contributed by atoms with Gasteiger partial charge >= 0.3 is 0 Å². The van der Waals surface area contributed by atoms with Crippen molar-refractivity contribution in [1.29, 1.82) is 0 Å². The number of aryl methyl sites for hydroxylation is 1. The molecule has 0 aliphatic carbocycles. The number of nitrogens with one attached hydrogen (secondary N) is 1. The molecule has 3 heterocycles. The minimum absolute atomic E-state index is 0.0329. The van der Waals surface area contributed by atoms with Gasteiger partial charge in [-0.3, -0.25) is 19.3 Å². The normalized spacial score (nSPS) is 20.6. The summed E-state index contributed by atoms with van der Waals surface area (Å²) in [5.41, 5.74) is 1.02. The first-order valence-electron chi connectivity index (χ1n) is 13.3. The van der Waals surface area contributed by atoms with Crippen LogP contribution in [0.1, 0.15) is 72.2 Å². The number of hydrogen-bond donors (Lipinski definition) is 1. The summed E-state index contributed by atoms with van der Waals surface area (Å²) in [6, 6.07) is 10.5. The molecule has 1 N–H and O–H groups in total. The molecule has 1 spiro atoms. The van der Waals surface area contributed by atoms with Gasteiger partial charge in [-0.25, -0.2) is 0 Å². The highest BCUT2D eigenvalue weighted by Crippen LogP contribution is 2.39. The van der Waals surface area contributed by atoms with Gasteiger partial charge in [0.25, 0.3) is 11.8 Å². The molecule has 1 atom stereocenters. The second kappa shape index (κ2) is 11.4. The van der Waals surface area contributed by atoms with E-state index in [1.54, 1.807) is 12.4 Å². The molecular weight excluding hydrogens is 452 g/mol. The number of carbonyl (C=O) groups excluding carboxylic acids is 2. The molecular formula is C29H40N4O3. The van der Waals surface area contributed by atoms with Gasteiger partial charge in [-0.05, 0) is 50.1 Å². The van der Waals surface area contributed by atoms with E-state index < -0.39 is 11.3 Å². The number of hydrogen-bond acceptors (Lipinski definition) is 4. The smallest absolute Gasteiger partial charge is 0.259 e. The van der Waals surface area contributed by atoms with Crippen molar-refractivity contribution in [2.45, 2.75) is 59.0 Å². The van der Waals surface area contributed by atoms with Crippen LogP contribution in [0.15, 0.2) is 47.5 Å². The SMILES string of the molecule is CNC(=O)c1cn(CCC(C)C)cc(C(=O)N2CCCC3(CCCN(Cc4ccccc4)C3)C2)c1=O. The molecule has 2 aliphatic rings. The topological polar surface area (TPSA) is 74.7 Å². The Morgan fingerprint density at radius 3 is 2.39 bits per heavy atom. The number of rotatable bonds is 7. The van der Waals surface area contributed by atoms with Gasteiger partial charge < -0.3 is 14.8 Å². The molecule has 0 radical (unpaired) electrons. The quantitative estimate of drug-likeness (QED) is 0.639. The molecule has 1 aromatic heterocycles. The number of likely N-dealkylation sites (tertiary alicyclic amines) is 2. The Labute approximate surface area is 214 Å². The first kappa shape index (κ1) is 26.1. The van der Waals surface area contributed by atoms with Crippen LogP contribution in [0.2, 0.25) is 0 Å². The standard InChI is InChI=1S/C29H40N4O3/c1-22(2)11-16-31-18-24(27(35)30-3)26(34)25(19-31)28(36)33-15-8-13-29(21-33)12-7-14-32(20-29)17-23-9-5-4-6-10-23/h4-6,9-10,18-19,22H,7-8,11-17,20-21H2,1-3H3,(H,30,35). The summed E-state index contributed by atoms with van der Waals surface area (Å²) in [5, 5.41) is 2.55. The molecule has 2 amide bonds. The number of pyridine rings is 1. The molecule has 7 nitrogen and oxygen atoms in total. The number of amides is 2. The van der Waals surface area contributed by atoms with Gasteiger partial charge in [-0.2, -0.15) is 0 Å². The second-order valence-corrected chi connectivity index (χ2v) is 11.0. The fraction of sp³-hybridized carbons (Fsp3) is 0.552. The first-order valence-corrected chi connectivity index (χ1v) is 13.3. The minimum atomic E-state index is -0.478. The third-order valence-electron chi connectivity index (χ3n) is 7.68. The second-order valence-electron chi connectivity index (χ2n) is 11.0. The van der Waals surface area contributed by atoms with E-state index in [0.717, 1.165) is 51.7 Å². The Hall–Kier alpha value is -2.93. The summed E-state index contributed by atoms with van der Waals surface area (Å²) >= 11 is 0. The van der Waals surface area contributed by atoms with E-state index in [2.05, 4.69) is 48.3 Å². The molecule has 1 aromatic carbocycles. The summed E-state index contributed by atoms with van der Waals surface area (Å²) in [6.45, 7) is 9.18. The van der Waals surface area contributed by atoms with Crippen molar-refractivity contribution in [1.82, 2.24) is 19.7 Å². The van der Waals surface area contributed by atoms with Crippen LogP contribution in [-0.2, 0) is 13.1 Å². The van der Waals surface area contributed by atoms with E-state index in [0.29, 0.717) is 25.6 Å². The molecule has 1 unspecified atom stereocenters. The van der Waals surface area contributed by atoms with Crippen molar-refractivity contribution in [3.63, 3.8) is 0 Å². The van der Waals surface area contributed by atoms with Gasteiger partial charge in [-0.15, -0.1) is 0 Å². The molecule has 2 aromatic rings. The summed E-state index contributed by atoms with van der Waals surface area (Å²) < 4.78 is 1.83. The van der Waals surface area contributed by atoms with Crippen LogP contribution < -0.4 is 10.7 Å². The largest absolute Gasteiger partial charge is 0.355 e. The summed E-state index contributed by atoms with van der Waals surface area (Å²) in [5.74, 6) is -0.227. The van der Waals surface area contributed by atoms with Crippen LogP contribution in [0.25, 0.3) is 0 Å².